The van der Waals surface area contributed by atoms with Gasteiger partial charge in [0.1, 0.15) is 0 Å². The summed E-state index contributed by atoms with van der Waals surface area (Å²) in [5.41, 5.74) is 0. The molecule has 0 aliphatic carbocycles. The molecule has 0 radical (unpaired) electrons. The molecule has 1 aromatic rings. The minimum Gasteiger partial charge on any atom is -0.340 e. The predicted octanol–water partition coefficient (Wildman–Crippen LogP) is 1.04. The smallest absolute Gasteiger partial charge is 0.243 e. The van der Waals surface area contributed by atoms with Gasteiger partial charge in [-0.05, 0) is 20.9 Å². The molecule has 2 rings (SSSR count). The lowest BCUT2D eigenvalue weighted by Gasteiger charge is -2.36. The van der Waals surface area contributed by atoms with Crippen LogP contribution in [0.5, 0.6) is 0 Å². The van der Waals surface area contributed by atoms with Crippen molar-refractivity contribution in [2.45, 2.75) is 26.3 Å². The SMILES string of the molecule is CNCCC(=O)N1CCN(C(C)c2nc(C)no2)CC1.Cl.Cl. The summed E-state index contributed by atoms with van der Waals surface area (Å²) in [4.78, 5) is 20.4. The van der Waals surface area contributed by atoms with Gasteiger partial charge in [-0.3, -0.25) is 9.69 Å². The topological polar surface area (TPSA) is 74.5 Å². The molecule has 0 saturated carbocycles. The Morgan fingerprint density at radius 1 is 1.32 bits per heavy atom. The van der Waals surface area contributed by atoms with Crippen molar-refractivity contribution in [2.75, 3.05) is 39.8 Å². The lowest BCUT2D eigenvalue weighted by Crippen LogP contribution is -2.49. The van der Waals surface area contributed by atoms with E-state index >= 15 is 0 Å². The van der Waals surface area contributed by atoms with Crippen molar-refractivity contribution in [3.05, 3.63) is 11.7 Å². The summed E-state index contributed by atoms with van der Waals surface area (Å²) < 4.78 is 5.22. The minimum atomic E-state index is 0. The van der Waals surface area contributed by atoms with Crippen molar-refractivity contribution in [3.8, 4) is 0 Å². The quantitative estimate of drug-likeness (QED) is 0.852. The van der Waals surface area contributed by atoms with Crippen LogP contribution in [0.15, 0.2) is 4.52 Å². The van der Waals surface area contributed by atoms with Crippen molar-refractivity contribution >= 4 is 30.7 Å². The second kappa shape index (κ2) is 9.99. The zero-order chi connectivity index (χ0) is 14.5. The van der Waals surface area contributed by atoms with Gasteiger partial charge in [0, 0.05) is 39.1 Å². The monoisotopic (exact) mass is 353 g/mol. The summed E-state index contributed by atoms with van der Waals surface area (Å²) in [6.45, 7) is 7.82. The highest BCUT2D eigenvalue weighted by Crippen LogP contribution is 2.20. The fraction of sp³-hybridized carbons (Fsp3) is 0.769. The molecule has 0 spiro atoms. The molecule has 1 N–H and O–H groups in total. The van der Waals surface area contributed by atoms with Gasteiger partial charge < -0.3 is 14.7 Å². The second-order valence-electron chi connectivity index (χ2n) is 5.13. The zero-order valence-corrected chi connectivity index (χ0v) is 14.9. The minimum absolute atomic E-state index is 0. The maximum absolute atomic E-state index is 11.9. The number of aromatic nitrogens is 2. The maximum atomic E-state index is 11.9. The molecule has 1 aliphatic rings. The summed E-state index contributed by atoms with van der Waals surface area (Å²) in [6, 6.07) is 0.103. The van der Waals surface area contributed by atoms with Gasteiger partial charge in [-0.15, -0.1) is 24.8 Å². The number of halogens is 2. The highest BCUT2D eigenvalue weighted by atomic mass is 35.5. The molecule has 2 heterocycles. The second-order valence-corrected chi connectivity index (χ2v) is 5.13. The zero-order valence-electron chi connectivity index (χ0n) is 13.2. The van der Waals surface area contributed by atoms with E-state index in [1.54, 1.807) is 0 Å². The van der Waals surface area contributed by atoms with Crippen LogP contribution in [0.4, 0.5) is 0 Å². The lowest BCUT2D eigenvalue weighted by molar-refractivity contribution is -0.133. The average molecular weight is 354 g/mol. The van der Waals surface area contributed by atoms with E-state index in [1.165, 1.54) is 0 Å². The van der Waals surface area contributed by atoms with Gasteiger partial charge in [0.05, 0.1) is 6.04 Å². The first kappa shape index (κ1) is 21.1. The van der Waals surface area contributed by atoms with Gasteiger partial charge >= 0.3 is 0 Å². The molecule has 128 valence electrons. The standard InChI is InChI=1S/C13H23N5O2.2ClH/c1-10(13-15-11(2)16-20-13)17-6-8-18(9-7-17)12(19)4-5-14-3;;/h10,14H,4-9H2,1-3H3;2*1H. The van der Waals surface area contributed by atoms with Crippen LogP contribution in [0.1, 0.15) is 31.1 Å². The fourth-order valence-corrected chi connectivity index (χ4v) is 2.39. The molecule has 1 atom stereocenters. The van der Waals surface area contributed by atoms with Crippen LogP contribution < -0.4 is 5.32 Å². The number of carbonyl (C=O) groups is 1. The van der Waals surface area contributed by atoms with Crippen LogP contribution in [-0.4, -0.2) is 65.6 Å². The highest BCUT2D eigenvalue weighted by molar-refractivity contribution is 5.85. The first-order chi connectivity index (χ1) is 9.61. The Kier molecular flexibility index (Phi) is 9.59. The number of rotatable bonds is 5. The summed E-state index contributed by atoms with van der Waals surface area (Å²) in [5, 5.41) is 6.83. The first-order valence-electron chi connectivity index (χ1n) is 7.08. The van der Waals surface area contributed by atoms with E-state index in [1.807, 2.05) is 18.9 Å². The van der Waals surface area contributed by atoms with Gasteiger partial charge in [0.25, 0.3) is 0 Å². The van der Waals surface area contributed by atoms with E-state index in [-0.39, 0.29) is 36.8 Å². The largest absolute Gasteiger partial charge is 0.340 e. The van der Waals surface area contributed by atoms with Gasteiger partial charge in [-0.25, -0.2) is 0 Å². The molecule has 0 aromatic carbocycles. The number of nitrogens with one attached hydrogen (secondary N) is 1. The van der Waals surface area contributed by atoms with Crippen LogP contribution in [0.2, 0.25) is 0 Å². The molecule has 22 heavy (non-hydrogen) atoms. The van der Waals surface area contributed by atoms with Crippen molar-refractivity contribution in [2.24, 2.45) is 0 Å². The molecule has 7 nitrogen and oxygen atoms in total. The van der Waals surface area contributed by atoms with Gasteiger partial charge in [-0.1, -0.05) is 5.16 Å². The van der Waals surface area contributed by atoms with E-state index in [9.17, 15) is 4.79 Å². The van der Waals surface area contributed by atoms with E-state index in [2.05, 4.69) is 27.3 Å². The molecule has 1 unspecified atom stereocenters. The number of hydrogen-bond donors (Lipinski definition) is 1. The van der Waals surface area contributed by atoms with E-state index < -0.39 is 0 Å². The average Bonchev–Trinajstić information content (AvgIpc) is 2.90. The Bertz CT molecular complexity index is 449. The number of carbonyl (C=O) groups excluding carboxylic acids is 1. The lowest BCUT2D eigenvalue weighted by atomic mass is 10.2. The normalized spacial score (nSPS) is 16.6. The van der Waals surface area contributed by atoms with E-state index in [4.69, 9.17) is 4.52 Å². The first-order valence-corrected chi connectivity index (χ1v) is 7.08. The Morgan fingerprint density at radius 2 is 1.95 bits per heavy atom. The summed E-state index contributed by atoms with van der Waals surface area (Å²) in [7, 11) is 1.86. The van der Waals surface area contributed by atoms with Gasteiger partial charge in [0.2, 0.25) is 11.8 Å². The summed E-state index contributed by atoms with van der Waals surface area (Å²) >= 11 is 0. The number of amides is 1. The summed E-state index contributed by atoms with van der Waals surface area (Å²) in [6.07, 6.45) is 0.564. The maximum Gasteiger partial charge on any atom is 0.243 e. The number of piperazine rings is 1. The Balaban J connectivity index is 0.00000220. The highest BCUT2D eigenvalue weighted by Gasteiger charge is 2.26. The van der Waals surface area contributed by atoms with Crippen LogP contribution in [0.25, 0.3) is 0 Å². The van der Waals surface area contributed by atoms with E-state index in [0.717, 1.165) is 32.7 Å². The summed E-state index contributed by atoms with van der Waals surface area (Å²) in [5.74, 6) is 1.53. The van der Waals surface area contributed by atoms with Crippen LogP contribution in [0, 0.1) is 6.92 Å². The molecule has 1 amide bonds. The van der Waals surface area contributed by atoms with Crippen molar-refractivity contribution < 1.29 is 9.32 Å². The molecular weight excluding hydrogens is 329 g/mol. The van der Waals surface area contributed by atoms with E-state index in [0.29, 0.717) is 18.1 Å². The van der Waals surface area contributed by atoms with Crippen molar-refractivity contribution in [1.29, 1.82) is 0 Å². The molecule has 0 bridgehead atoms. The molecule has 1 saturated heterocycles. The third kappa shape index (κ3) is 5.39. The number of hydrogen-bond acceptors (Lipinski definition) is 6. The Hall–Kier alpha value is -0.890. The number of nitrogens with zero attached hydrogens (tertiary/aromatic N) is 4. The van der Waals surface area contributed by atoms with Crippen LogP contribution in [0.3, 0.4) is 0 Å². The predicted molar refractivity (Wildman–Crippen MR) is 88.6 cm³/mol. The third-order valence-corrected chi connectivity index (χ3v) is 3.70. The molecule has 1 aromatic heterocycles. The third-order valence-electron chi connectivity index (χ3n) is 3.70. The fourth-order valence-electron chi connectivity index (χ4n) is 2.39. The Morgan fingerprint density at radius 3 is 2.45 bits per heavy atom. The molecule has 1 aliphatic heterocycles. The molecule has 9 heteroatoms. The van der Waals surface area contributed by atoms with Crippen molar-refractivity contribution in [3.63, 3.8) is 0 Å². The molecular formula is C13H25Cl2N5O2. The van der Waals surface area contributed by atoms with Crippen LogP contribution in [-0.2, 0) is 4.79 Å². The van der Waals surface area contributed by atoms with Gasteiger partial charge in [-0.2, -0.15) is 4.98 Å². The van der Waals surface area contributed by atoms with Crippen LogP contribution >= 0.6 is 24.8 Å². The van der Waals surface area contributed by atoms with Crippen molar-refractivity contribution in [1.82, 2.24) is 25.3 Å². The molecule has 1 fully saturated rings. The van der Waals surface area contributed by atoms with Gasteiger partial charge in [0.15, 0.2) is 5.82 Å². The Labute approximate surface area is 143 Å². The number of aryl methyl sites for hydroxylation is 1.